The van der Waals surface area contributed by atoms with E-state index >= 15 is 0 Å². The van der Waals surface area contributed by atoms with Crippen molar-refractivity contribution in [1.82, 2.24) is 25.1 Å². The second-order valence-electron chi connectivity index (χ2n) is 11.7. The van der Waals surface area contributed by atoms with Gasteiger partial charge in [-0.2, -0.15) is 0 Å². The van der Waals surface area contributed by atoms with Gasteiger partial charge in [0.05, 0.1) is 17.3 Å². The molecule has 3 aliphatic rings. The number of ether oxygens (including phenoxy) is 2. The maximum absolute atomic E-state index is 12.7. The number of carbonyl (C=O) groups is 2. The summed E-state index contributed by atoms with van der Waals surface area (Å²) in [7, 11) is 0. The van der Waals surface area contributed by atoms with Crippen molar-refractivity contribution < 1.29 is 19.1 Å². The number of aromatic nitrogens is 2. The lowest BCUT2D eigenvalue weighted by atomic mass is 10.0. The van der Waals surface area contributed by atoms with Gasteiger partial charge in [-0.25, -0.2) is 14.8 Å². The van der Waals surface area contributed by atoms with E-state index in [4.69, 9.17) is 21.1 Å². The average molecular weight is 586 g/mol. The third-order valence-corrected chi connectivity index (χ3v) is 7.90. The van der Waals surface area contributed by atoms with Gasteiger partial charge in [-0.3, -0.25) is 4.79 Å². The number of nitrogens with zero attached hydrogens (tertiary/aromatic N) is 5. The molecule has 3 aliphatic heterocycles. The summed E-state index contributed by atoms with van der Waals surface area (Å²) < 4.78 is 11.6. The largest absolute Gasteiger partial charge is 0.485 e. The second-order valence-corrected chi connectivity index (χ2v) is 12.1. The summed E-state index contributed by atoms with van der Waals surface area (Å²) in [6.45, 7) is 11.7. The van der Waals surface area contributed by atoms with E-state index in [0.717, 1.165) is 38.3 Å². The van der Waals surface area contributed by atoms with Crippen LogP contribution in [0.25, 0.3) is 0 Å². The highest BCUT2D eigenvalue weighted by Gasteiger charge is 2.33. The Hall–Kier alpha value is -3.31. The van der Waals surface area contributed by atoms with Gasteiger partial charge in [0.2, 0.25) is 5.75 Å². The van der Waals surface area contributed by atoms with E-state index in [0.29, 0.717) is 60.6 Å². The summed E-state index contributed by atoms with van der Waals surface area (Å²) in [6, 6.07) is 5.40. The molecule has 0 radical (unpaired) electrons. The van der Waals surface area contributed by atoms with Crippen molar-refractivity contribution in [2.24, 2.45) is 0 Å². The average Bonchev–Trinajstić information content (AvgIpc) is 3.47. The fourth-order valence-corrected chi connectivity index (χ4v) is 5.73. The zero-order chi connectivity index (χ0) is 29.0. The van der Waals surface area contributed by atoms with Crippen molar-refractivity contribution >= 4 is 40.9 Å². The minimum absolute atomic E-state index is 0.145. The highest BCUT2D eigenvalue weighted by atomic mass is 35.5. The van der Waals surface area contributed by atoms with Gasteiger partial charge in [0.25, 0.3) is 5.91 Å². The number of piperidine rings is 1. The topological polar surface area (TPSA) is 112 Å². The van der Waals surface area contributed by atoms with Gasteiger partial charge in [0.1, 0.15) is 18.5 Å². The number of anilines is 3. The van der Waals surface area contributed by atoms with E-state index in [1.165, 1.54) is 19.2 Å². The fraction of sp³-hybridized carbons (Fsp3) is 0.586. The van der Waals surface area contributed by atoms with Crippen LogP contribution in [0.5, 0.6) is 5.75 Å². The molecular formula is C29H40ClN7O4. The Morgan fingerprint density at radius 2 is 1.85 bits per heavy atom. The molecule has 0 atom stereocenters. The number of carbonyl (C=O) groups excluding carboxylic acids is 2. The first-order chi connectivity index (χ1) is 19.7. The lowest BCUT2D eigenvalue weighted by Gasteiger charge is -2.41. The molecule has 2 aromatic rings. The number of hydrogen-bond donors (Lipinski definition) is 2. The molecule has 0 aliphatic carbocycles. The highest BCUT2D eigenvalue weighted by molar-refractivity contribution is 6.33. The summed E-state index contributed by atoms with van der Waals surface area (Å²) in [4.78, 5) is 40.5. The molecule has 0 saturated carbocycles. The minimum atomic E-state index is -0.514. The summed E-state index contributed by atoms with van der Waals surface area (Å²) in [5.74, 6) is 1.65. The van der Waals surface area contributed by atoms with Crippen LogP contribution in [0, 0.1) is 0 Å². The Morgan fingerprint density at radius 3 is 2.56 bits per heavy atom. The van der Waals surface area contributed by atoms with Crippen LogP contribution in [-0.2, 0) is 4.74 Å². The molecule has 0 bridgehead atoms. The first kappa shape index (κ1) is 29.2. The summed E-state index contributed by atoms with van der Waals surface area (Å²) in [5.41, 5.74) is 0.611. The maximum Gasteiger partial charge on any atom is 0.410 e. The molecule has 5 rings (SSSR count). The van der Waals surface area contributed by atoms with E-state index in [1.54, 1.807) is 23.1 Å². The smallest absolute Gasteiger partial charge is 0.410 e. The monoisotopic (exact) mass is 585 g/mol. The van der Waals surface area contributed by atoms with E-state index in [9.17, 15) is 9.59 Å². The molecule has 0 spiro atoms. The predicted octanol–water partition coefficient (Wildman–Crippen LogP) is 4.30. The summed E-state index contributed by atoms with van der Waals surface area (Å²) >= 11 is 6.59. The standard InChI is InChI=1S/C29H40ClN7O4/c1-29(2,3)41-28(39)36-13-8-21(9-14-36)37-16-17-40-24-25(32-19-33-26(24)37)34-23-7-6-20(18-22(23)30)27(38)31-10-15-35-11-4-5-12-35/h6-7,18-19,21H,4-5,8-17H2,1-3H3,(H,31,38)(H,32,33,34). The number of nitrogens with one attached hydrogen (secondary N) is 2. The predicted molar refractivity (Wildman–Crippen MR) is 158 cm³/mol. The maximum atomic E-state index is 12.7. The molecule has 1 aromatic carbocycles. The van der Waals surface area contributed by atoms with Crippen molar-refractivity contribution in [1.29, 1.82) is 0 Å². The van der Waals surface area contributed by atoms with Crippen LogP contribution in [0.15, 0.2) is 24.5 Å². The van der Waals surface area contributed by atoms with Crippen molar-refractivity contribution in [3.05, 3.63) is 35.1 Å². The quantitative estimate of drug-likeness (QED) is 0.491. The zero-order valence-electron chi connectivity index (χ0n) is 24.1. The molecule has 4 heterocycles. The first-order valence-corrected chi connectivity index (χ1v) is 14.9. The van der Waals surface area contributed by atoms with Crippen LogP contribution in [0.2, 0.25) is 5.02 Å². The molecule has 1 aromatic heterocycles. The number of likely N-dealkylation sites (tertiary alicyclic amines) is 2. The lowest BCUT2D eigenvalue weighted by molar-refractivity contribution is 0.0203. The number of halogens is 1. The Balaban J connectivity index is 1.21. The van der Waals surface area contributed by atoms with Crippen molar-refractivity contribution in [3.8, 4) is 5.75 Å². The molecule has 0 unspecified atom stereocenters. The molecule has 2 amide bonds. The molecule has 2 fully saturated rings. The molecule has 12 heteroatoms. The second kappa shape index (κ2) is 12.7. The van der Waals surface area contributed by atoms with Crippen molar-refractivity contribution in [2.45, 2.75) is 58.1 Å². The molecule has 2 saturated heterocycles. The number of benzene rings is 1. The van der Waals surface area contributed by atoms with Crippen molar-refractivity contribution in [3.63, 3.8) is 0 Å². The Kier molecular flexibility index (Phi) is 9.03. The normalized spacial score (nSPS) is 18.0. The van der Waals surface area contributed by atoms with Crippen LogP contribution in [0.4, 0.5) is 22.1 Å². The minimum Gasteiger partial charge on any atom is -0.485 e. The van der Waals surface area contributed by atoms with Crippen LogP contribution >= 0.6 is 11.6 Å². The van der Waals surface area contributed by atoms with Crippen LogP contribution in [0.1, 0.15) is 56.8 Å². The number of rotatable bonds is 7. The van der Waals surface area contributed by atoms with Gasteiger partial charge in [0, 0.05) is 37.8 Å². The van der Waals surface area contributed by atoms with Gasteiger partial charge in [-0.15, -0.1) is 0 Å². The van der Waals surface area contributed by atoms with Crippen LogP contribution in [-0.4, -0.2) is 95.8 Å². The summed E-state index contributed by atoms with van der Waals surface area (Å²) in [5, 5.41) is 6.66. The number of amides is 2. The van der Waals surface area contributed by atoms with Gasteiger partial charge in [-0.05, 0) is 77.7 Å². The Bertz CT molecular complexity index is 1240. The number of hydrogen-bond acceptors (Lipinski definition) is 9. The van der Waals surface area contributed by atoms with Crippen LogP contribution in [0.3, 0.4) is 0 Å². The zero-order valence-corrected chi connectivity index (χ0v) is 24.9. The van der Waals surface area contributed by atoms with Gasteiger partial charge >= 0.3 is 6.09 Å². The highest BCUT2D eigenvalue weighted by Crippen LogP contribution is 2.39. The Morgan fingerprint density at radius 1 is 1.10 bits per heavy atom. The number of fused-ring (bicyclic) bond motifs is 1. The first-order valence-electron chi connectivity index (χ1n) is 14.5. The van der Waals surface area contributed by atoms with Gasteiger partial charge in [-0.1, -0.05) is 11.6 Å². The SMILES string of the molecule is CC(C)(C)OC(=O)N1CCC(N2CCOc3c(Nc4ccc(C(=O)NCCN5CCCC5)cc4Cl)ncnc32)CC1. The van der Waals surface area contributed by atoms with Gasteiger partial charge < -0.3 is 34.8 Å². The Labute approximate surface area is 246 Å². The van der Waals surface area contributed by atoms with E-state index in [-0.39, 0.29) is 18.0 Å². The third-order valence-electron chi connectivity index (χ3n) is 7.59. The van der Waals surface area contributed by atoms with Crippen molar-refractivity contribution in [2.75, 3.05) is 62.6 Å². The summed E-state index contributed by atoms with van der Waals surface area (Å²) in [6.07, 6.45) is 5.30. The lowest BCUT2D eigenvalue weighted by Crippen LogP contribution is -2.50. The van der Waals surface area contributed by atoms with E-state index < -0.39 is 5.60 Å². The molecule has 2 N–H and O–H groups in total. The van der Waals surface area contributed by atoms with E-state index in [1.807, 2.05) is 20.8 Å². The van der Waals surface area contributed by atoms with Gasteiger partial charge in [0.15, 0.2) is 11.6 Å². The molecular weight excluding hydrogens is 546 g/mol. The molecule has 41 heavy (non-hydrogen) atoms. The van der Waals surface area contributed by atoms with E-state index in [2.05, 4.69) is 30.4 Å². The third kappa shape index (κ3) is 7.32. The van der Waals surface area contributed by atoms with Crippen LogP contribution < -0.4 is 20.3 Å². The molecule has 222 valence electrons. The fourth-order valence-electron chi connectivity index (χ4n) is 5.51. The molecule has 11 nitrogen and oxygen atoms in total.